The molecule has 1 fully saturated rings. The van der Waals surface area contributed by atoms with Crippen LogP contribution in [0.1, 0.15) is 12.6 Å². The minimum atomic E-state index is -0.789. The minimum absolute atomic E-state index is 0.0713. The molecule has 88 valence electrons. The van der Waals surface area contributed by atoms with Gasteiger partial charge in [0.2, 0.25) is 0 Å². The van der Waals surface area contributed by atoms with E-state index < -0.39 is 17.8 Å². The third kappa shape index (κ3) is 2.10. The molecule has 0 atom stereocenters. The number of hydrogen-bond acceptors (Lipinski definition) is 3. The van der Waals surface area contributed by atoms with E-state index in [9.17, 15) is 14.4 Å². The number of carbonyl (C=O) groups excluding carboxylic acids is 3. The summed E-state index contributed by atoms with van der Waals surface area (Å²) in [6, 6.07) is 2.82. The Morgan fingerprint density at radius 2 is 1.88 bits per heavy atom. The minimum Gasteiger partial charge on any atom is -0.348 e. The highest BCUT2D eigenvalue weighted by Gasteiger charge is 2.27. The first-order valence-corrected chi connectivity index (χ1v) is 5.15. The van der Waals surface area contributed by atoms with Gasteiger partial charge in [-0.2, -0.15) is 0 Å². The molecule has 6 nitrogen and oxygen atoms in total. The maximum atomic E-state index is 11.5. The molecular formula is C11H11N3O3. The molecule has 1 aromatic heterocycles. The number of aryl methyl sites for hydroxylation is 1. The van der Waals surface area contributed by atoms with E-state index in [-0.39, 0.29) is 5.57 Å². The zero-order valence-corrected chi connectivity index (χ0v) is 9.19. The van der Waals surface area contributed by atoms with E-state index >= 15 is 0 Å². The number of carbonyl (C=O) groups is 3. The standard InChI is InChI=1S/C11H11N3O3/c1-2-14-5-3-4-7(14)6-8-9(15)12-11(17)13-10(8)16/h3-6H,2H2,1H3,(H2,12,13,15,16,17). The highest BCUT2D eigenvalue weighted by atomic mass is 16.2. The number of amides is 4. The molecule has 0 aromatic carbocycles. The fraction of sp³-hybridized carbons (Fsp3) is 0.182. The summed E-state index contributed by atoms with van der Waals surface area (Å²) in [7, 11) is 0. The molecule has 1 aromatic rings. The van der Waals surface area contributed by atoms with E-state index in [1.807, 2.05) is 34.4 Å². The zero-order valence-electron chi connectivity index (χ0n) is 9.19. The van der Waals surface area contributed by atoms with Gasteiger partial charge in [-0.05, 0) is 25.1 Å². The van der Waals surface area contributed by atoms with Crippen LogP contribution >= 0.6 is 0 Å². The second-order valence-electron chi connectivity index (χ2n) is 3.51. The Bertz CT molecular complexity index is 506. The molecule has 2 N–H and O–H groups in total. The number of urea groups is 1. The predicted molar refractivity (Wildman–Crippen MR) is 59.8 cm³/mol. The summed E-state index contributed by atoms with van der Waals surface area (Å²) in [5, 5.41) is 4.04. The molecular weight excluding hydrogens is 222 g/mol. The van der Waals surface area contributed by atoms with Crippen molar-refractivity contribution < 1.29 is 14.4 Å². The lowest BCUT2D eigenvalue weighted by molar-refractivity contribution is -0.123. The van der Waals surface area contributed by atoms with Crippen LogP contribution in [0.15, 0.2) is 23.9 Å². The number of imide groups is 2. The summed E-state index contributed by atoms with van der Waals surface area (Å²) < 4.78 is 1.88. The second-order valence-corrected chi connectivity index (χ2v) is 3.51. The monoisotopic (exact) mass is 233 g/mol. The van der Waals surface area contributed by atoms with E-state index in [1.54, 1.807) is 6.07 Å². The van der Waals surface area contributed by atoms with Gasteiger partial charge in [0, 0.05) is 18.4 Å². The highest BCUT2D eigenvalue weighted by Crippen LogP contribution is 2.10. The van der Waals surface area contributed by atoms with Crippen molar-refractivity contribution in [2.24, 2.45) is 0 Å². The lowest BCUT2D eigenvalue weighted by Gasteiger charge is -2.14. The number of nitrogens with zero attached hydrogens (tertiary/aromatic N) is 1. The molecule has 6 heteroatoms. The lowest BCUT2D eigenvalue weighted by atomic mass is 10.1. The highest BCUT2D eigenvalue weighted by molar-refractivity contribution is 6.31. The van der Waals surface area contributed by atoms with Gasteiger partial charge in [0.1, 0.15) is 5.57 Å². The number of barbiturate groups is 1. The summed E-state index contributed by atoms with van der Waals surface area (Å²) in [5.74, 6) is -1.36. The fourth-order valence-corrected chi connectivity index (χ4v) is 1.60. The molecule has 17 heavy (non-hydrogen) atoms. The average Bonchev–Trinajstić information content (AvgIpc) is 2.70. The van der Waals surface area contributed by atoms with Crippen molar-refractivity contribution in [1.82, 2.24) is 15.2 Å². The molecule has 0 saturated carbocycles. The van der Waals surface area contributed by atoms with Gasteiger partial charge in [0.05, 0.1) is 0 Å². The van der Waals surface area contributed by atoms with Crippen molar-refractivity contribution in [3.8, 4) is 0 Å². The number of hydrogen-bond donors (Lipinski definition) is 2. The Morgan fingerprint density at radius 1 is 1.24 bits per heavy atom. The number of aromatic nitrogens is 1. The summed E-state index contributed by atoms with van der Waals surface area (Å²) in [5.41, 5.74) is 0.667. The van der Waals surface area contributed by atoms with Crippen LogP contribution in [-0.2, 0) is 16.1 Å². The largest absolute Gasteiger partial charge is 0.348 e. The van der Waals surface area contributed by atoms with Gasteiger partial charge in [-0.25, -0.2) is 4.79 Å². The first kappa shape index (κ1) is 11.1. The molecule has 1 saturated heterocycles. The van der Waals surface area contributed by atoms with Crippen LogP contribution in [0.3, 0.4) is 0 Å². The Morgan fingerprint density at radius 3 is 2.47 bits per heavy atom. The second kappa shape index (κ2) is 4.25. The van der Waals surface area contributed by atoms with Crippen LogP contribution in [0.5, 0.6) is 0 Å². The Hall–Kier alpha value is -2.37. The summed E-state index contributed by atoms with van der Waals surface area (Å²) >= 11 is 0. The first-order chi connectivity index (χ1) is 8.11. The van der Waals surface area contributed by atoms with Crippen molar-refractivity contribution in [3.05, 3.63) is 29.6 Å². The van der Waals surface area contributed by atoms with E-state index in [1.165, 1.54) is 6.08 Å². The summed E-state index contributed by atoms with van der Waals surface area (Å²) in [6.07, 6.45) is 3.30. The normalized spacial score (nSPS) is 15.6. The molecule has 2 heterocycles. The topological polar surface area (TPSA) is 80.2 Å². The third-order valence-electron chi connectivity index (χ3n) is 2.44. The fourth-order valence-electron chi connectivity index (χ4n) is 1.60. The molecule has 0 radical (unpaired) electrons. The Labute approximate surface area is 97.3 Å². The van der Waals surface area contributed by atoms with Crippen molar-refractivity contribution in [2.75, 3.05) is 0 Å². The molecule has 4 amide bonds. The SMILES string of the molecule is CCn1cccc1C=C1C(=O)NC(=O)NC1=O. The van der Waals surface area contributed by atoms with Crippen molar-refractivity contribution in [1.29, 1.82) is 0 Å². The molecule has 1 aliphatic rings. The summed E-state index contributed by atoms with van der Waals surface area (Å²) in [6.45, 7) is 2.68. The average molecular weight is 233 g/mol. The number of nitrogens with one attached hydrogen (secondary N) is 2. The van der Waals surface area contributed by atoms with Gasteiger partial charge in [-0.1, -0.05) is 0 Å². The van der Waals surface area contributed by atoms with Gasteiger partial charge in [-0.15, -0.1) is 0 Å². The Kier molecular flexibility index (Phi) is 2.78. The quantitative estimate of drug-likeness (QED) is 0.568. The lowest BCUT2D eigenvalue weighted by Crippen LogP contribution is -2.51. The smallest absolute Gasteiger partial charge is 0.328 e. The first-order valence-electron chi connectivity index (χ1n) is 5.15. The van der Waals surface area contributed by atoms with Crippen molar-refractivity contribution >= 4 is 23.9 Å². The zero-order chi connectivity index (χ0) is 12.4. The van der Waals surface area contributed by atoms with Crippen LogP contribution in [0.25, 0.3) is 6.08 Å². The molecule has 0 aliphatic carbocycles. The molecule has 0 spiro atoms. The van der Waals surface area contributed by atoms with Crippen molar-refractivity contribution in [2.45, 2.75) is 13.5 Å². The van der Waals surface area contributed by atoms with Crippen LogP contribution in [0.4, 0.5) is 4.79 Å². The van der Waals surface area contributed by atoms with Gasteiger partial charge >= 0.3 is 6.03 Å². The van der Waals surface area contributed by atoms with E-state index in [0.717, 1.165) is 12.2 Å². The van der Waals surface area contributed by atoms with Gasteiger partial charge < -0.3 is 4.57 Å². The molecule has 0 unspecified atom stereocenters. The molecule has 0 bridgehead atoms. The van der Waals surface area contributed by atoms with Crippen LogP contribution in [-0.4, -0.2) is 22.4 Å². The Balaban J connectivity index is 2.36. The van der Waals surface area contributed by atoms with Gasteiger partial charge in [0.25, 0.3) is 11.8 Å². The molecule has 1 aliphatic heterocycles. The number of rotatable bonds is 2. The van der Waals surface area contributed by atoms with Gasteiger partial charge in [-0.3, -0.25) is 20.2 Å². The third-order valence-corrected chi connectivity index (χ3v) is 2.44. The van der Waals surface area contributed by atoms with Crippen molar-refractivity contribution in [3.63, 3.8) is 0 Å². The predicted octanol–water partition coefficient (Wildman–Crippen LogP) is 0.257. The van der Waals surface area contributed by atoms with E-state index in [2.05, 4.69) is 0 Å². The van der Waals surface area contributed by atoms with Crippen LogP contribution in [0.2, 0.25) is 0 Å². The maximum Gasteiger partial charge on any atom is 0.328 e. The maximum absolute atomic E-state index is 11.5. The van der Waals surface area contributed by atoms with Gasteiger partial charge in [0.15, 0.2) is 0 Å². The van der Waals surface area contributed by atoms with Crippen LogP contribution < -0.4 is 10.6 Å². The van der Waals surface area contributed by atoms with Crippen LogP contribution in [0, 0.1) is 0 Å². The van der Waals surface area contributed by atoms with E-state index in [4.69, 9.17) is 0 Å². The summed E-state index contributed by atoms with van der Waals surface area (Å²) in [4.78, 5) is 33.8. The van der Waals surface area contributed by atoms with E-state index in [0.29, 0.717) is 0 Å². The molecule has 2 rings (SSSR count).